The largest absolute Gasteiger partial charge is 0.379 e. The minimum absolute atomic E-state index is 0.410. The van der Waals surface area contributed by atoms with Crippen LogP contribution < -0.4 is 5.73 Å². The number of hydrogen-bond donors (Lipinski definition) is 1. The van der Waals surface area contributed by atoms with E-state index in [1.807, 2.05) is 6.92 Å². The molecule has 0 spiro atoms. The van der Waals surface area contributed by atoms with Gasteiger partial charge in [-0.15, -0.1) is 0 Å². The molecule has 0 saturated heterocycles. The van der Waals surface area contributed by atoms with Crippen LogP contribution in [0.5, 0.6) is 0 Å². The zero-order valence-corrected chi connectivity index (χ0v) is 11.0. The van der Waals surface area contributed by atoms with E-state index in [1.54, 1.807) is 0 Å². The molecule has 0 saturated carbocycles. The molecule has 98 valence electrons. The van der Waals surface area contributed by atoms with E-state index in [0.717, 1.165) is 25.7 Å². The summed E-state index contributed by atoms with van der Waals surface area (Å²) in [5, 5.41) is 3.93. The molecule has 0 radical (unpaired) electrons. The smallest absolute Gasteiger partial charge is 0.226 e. The Morgan fingerprint density at radius 3 is 2.76 bits per heavy atom. The fraction of sp³-hybridized carbons (Fsp3) is 0.833. The lowest BCUT2D eigenvalue weighted by Crippen LogP contribution is -2.39. The molecule has 17 heavy (non-hydrogen) atoms. The lowest BCUT2D eigenvalue weighted by atomic mass is 10.1. The van der Waals surface area contributed by atoms with Crippen molar-refractivity contribution in [2.75, 3.05) is 13.2 Å². The topological polar surface area (TPSA) is 74.2 Å². The molecule has 0 aliphatic carbocycles. The maximum atomic E-state index is 6.11. The number of ether oxygens (including phenoxy) is 1. The Hall–Kier alpha value is -0.940. The van der Waals surface area contributed by atoms with E-state index in [-0.39, 0.29) is 0 Å². The second-order valence-corrected chi connectivity index (χ2v) is 4.59. The number of aromatic nitrogens is 2. The summed E-state index contributed by atoms with van der Waals surface area (Å²) in [4.78, 5) is 4.32. The highest BCUT2D eigenvalue weighted by atomic mass is 16.5. The van der Waals surface area contributed by atoms with Crippen LogP contribution in [-0.2, 0) is 16.7 Å². The van der Waals surface area contributed by atoms with Crippen LogP contribution in [-0.4, -0.2) is 23.4 Å². The molecule has 0 aromatic carbocycles. The van der Waals surface area contributed by atoms with Crippen LogP contribution in [0.25, 0.3) is 0 Å². The van der Waals surface area contributed by atoms with Gasteiger partial charge in [-0.05, 0) is 19.8 Å². The first-order valence-corrected chi connectivity index (χ1v) is 6.29. The molecule has 1 rings (SSSR count). The van der Waals surface area contributed by atoms with Gasteiger partial charge in [-0.25, -0.2) is 0 Å². The Labute approximate surface area is 103 Å². The monoisotopic (exact) mass is 241 g/mol. The second-order valence-electron chi connectivity index (χ2n) is 4.59. The van der Waals surface area contributed by atoms with Gasteiger partial charge in [0.25, 0.3) is 0 Å². The summed E-state index contributed by atoms with van der Waals surface area (Å²) >= 11 is 0. The Morgan fingerprint density at radius 2 is 2.12 bits per heavy atom. The van der Waals surface area contributed by atoms with Gasteiger partial charge >= 0.3 is 0 Å². The third-order valence-corrected chi connectivity index (χ3v) is 2.47. The number of unbranched alkanes of at least 4 members (excludes halogenated alkanes) is 1. The van der Waals surface area contributed by atoms with Crippen molar-refractivity contribution in [2.24, 2.45) is 5.73 Å². The molecule has 0 bridgehead atoms. The maximum absolute atomic E-state index is 6.11. The van der Waals surface area contributed by atoms with E-state index in [2.05, 4.69) is 24.0 Å². The van der Waals surface area contributed by atoms with Crippen molar-refractivity contribution in [3.8, 4) is 0 Å². The highest BCUT2D eigenvalue weighted by Gasteiger charge is 2.27. The third kappa shape index (κ3) is 4.44. The number of nitrogens with two attached hydrogens (primary N) is 1. The minimum atomic E-state index is -0.677. The molecule has 1 aromatic rings. The van der Waals surface area contributed by atoms with E-state index >= 15 is 0 Å². The number of rotatable bonds is 8. The fourth-order valence-electron chi connectivity index (χ4n) is 1.41. The minimum Gasteiger partial charge on any atom is -0.379 e. The maximum Gasteiger partial charge on any atom is 0.226 e. The van der Waals surface area contributed by atoms with Gasteiger partial charge in [0.1, 0.15) is 5.54 Å². The van der Waals surface area contributed by atoms with E-state index in [0.29, 0.717) is 24.9 Å². The van der Waals surface area contributed by atoms with E-state index in [1.165, 1.54) is 0 Å². The van der Waals surface area contributed by atoms with Gasteiger partial charge in [0, 0.05) is 13.0 Å². The van der Waals surface area contributed by atoms with Gasteiger partial charge < -0.3 is 15.0 Å². The number of nitrogens with zero attached hydrogens (tertiary/aromatic N) is 2. The molecule has 5 heteroatoms. The van der Waals surface area contributed by atoms with Crippen LogP contribution in [0.3, 0.4) is 0 Å². The quantitative estimate of drug-likeness (QED) is 0.705. The molecule has 5 nitrogen and oxygen atoms in total. The van der Waals surface area contributed by atoms with Gasteiger partial charge in [0.2, 0.25) is 5.89 Å². The molecular formula is C12H23N3O2. The van der Waals surface area contributed by atoms with Gasteiger partial charge in [-0.3, -0.25) is 0 Å². The average molecular weight is 241 g/mol. The summed E-state index contributed by atoms with van der Waals surface area (Å²) in [6, 6.07) is 0. The van der Waals surface area contributed by atoms with Crippen molar-refractivity contribution in [2.45, 2.75) is 52.0 Å². The zero-order chi connectivity index (χ0) is 12.7. The first-order chi connectivity index (χ1) is 8.10. The van der Waals surface area contributed by atoms with Crippen LogP contribution in [0.15, 0.2) is 4.52 Å². The third-order valence-electron chi connectivity index (χ3n) is 2.47. The molecule has 1 aromatic heterocycles. The van der Waals surface area contributed by atoms with Gasteiger partial charge in [0.15, 0.2) is 5.82 Å². The Bertz CT molecular complexity index is 323. The molecule has 1 heterocycles. The summed E-state index contributed by atoms with van der Waals surface area (Å²) in [6.07, 6.45) is 3.95. The Kier molecular flexibility index (Phi) is 5.58. The van der Waals surface area contributed by atoms with Crippen LogP contribution in [0.2, 0.25) is 0 Å². The highest BCUT2D eigenvalue weighted by Crippen LogP contribution is 2.15. The molecule has 2 N–H and O–H groups in total. The standard InChI is InChI=1S/C12H23N3O2/c1-4-6-7-10-14-11(15-17-10)12(3,13)9-16-8-5-2/h4-9,13H2,1-3H3. The molecule has 1 atom stereocenters. The van der Waals surface area contributed by atoms with Gasteiger partial charge in [-0.1, -0.05) is 25.4 Å². The lowest BCUT2D eigenvalue weighted by molar-refractivity contribution is 0.0867. The summed E-state index contributed by atoms with van der Waals surface area (Å²) < 4.78 is 10.6. The van der Waals surface area contributed by atoms with Crippen molar-refractivity contribution < 1.29 is 9.26 Å². The molecular weight excluding hydrogens is 218 g/mol. The molecule has 0 aliphatic heterocycles. The molecule has 1 unspecified atom stereocenters. The first kappa shape index (κ1) is 14.1. The van der Waals surface area contributed by atoms with E-state index in [9.17, 15) is 0 Å². The average Bonchev–Trinajstić information content (AvgIpc) is 2.76. The SMILES string of the molecule is CCCCc1nc(C(C)(N)COCCC)no1. The Morgan fingerprint density at radius 1 is 1.35 bits per heavy atom. The molecule has 0 aliphatic rings. The van der Waals surface area contributed by atoms with Crippen LogP contribution in [0.4, 0.5) is 0 Å². The van der Waals surface area contributed by atoms with Crippen molar-refractivity contribution in [1.29, 1.82) is 0 Å². The Balaban J connectivity index is 2.54. The summed E-state index contributed by atoms with van der Waals surface area (Å²) in [5.41, 5.74) is 5.43. The first-order valence-electron chi connectivity index (χ1n) is 6.29. The van der Waals surface area contributed by atoms with Crippen molar-refractivity contribution >= 4 is 0 Å². The van der Waals surface area contributed by atoms with Gasteiger partial charge in [0.05, 0.1) is 6.61 Å². The van der Waals surface area contributed by atoms with Crippen molar-refractivity contribution in [3.63, 3.8) is 0 Å². The summed E-state index contributed by atoms with van der Waals surface area (Å²) in [6.45, 7) is 7.16. The number of hydrogen-bond acceptors (Lipinski definition) is 5. The predicted molar refractivity (Wildman–Crippen MR) is 65.6 cm³/mol. The van der Waals surface area contributed by atoms with E-state index < -0.39 is 5.54 Å². The zero-order valence-electron chi connectivity index (χ0n) is 11.0. The molecule has 0 amide bonds. The predicted octanol–water partition coefficient (Wildman–Crippen LogP) is 2.01. The van der Waals surface area contributed by atoms with Gasteiger partial charge in [-0.2, -0.15) is 4.98 Å². The fourth-order valence-corrected chi connectivity index (χ4v) is 1.41. The van der Waals surface area contributed by atoms with Crippen molar-refractivity contribution in [3.05, 3.63) is 11.7 Å². The summed E-state index contributed by atoms with van der Waals surface area (Å²) in [7, 11) is 0. The second kappa shape index (κ2) is 6.71. The summed E-state index contributed by atoms with van der Waals surface area (Å²) in [5.74, 6) is 1.19. The van der Waals surface area contributed by atoms with Crippen molar-refractivity contribution in [1.82, 2.24) is 10.1 Å². The van der Waals surface area contributed by atoms with E-state index in [4.69, 9.17) is 15.0 Å². The highest BCUT2D eigenvalue weighted by molar-refractivity contribution is 5.01. The number of aryl methyl sites for hydroxylation is 1. The van der Waals surface area contributed by atoms with Crippen LogP contribution >= 0.6 is 0 Å². The lowest BCUT2D eigenvalue weighted by Gasteiger charge is -2.19. The van der Waals surface area contributed by atoms with Crippen LogP contribution in [0, 0.1) is 0 Å². The normalized spacial score (nSPS) is 14.8. The van der Waals surface area contributed by atoms with Crippen LogP contribution in [0.1, 0.15) is 51.7 Å². The molecule has 0 fully saturated rings.